The number of ether oxygens (including phenoxy) is 1. The molecular weight excluding hydrogens is 405 g/mol. The van der Waals surface area contributed by atoms with Gasteiger partial charge in [0, 0.05) is 12.2 Å². The largest absolute Gasteiger partial charge is 0.474 e. The smallest absolute Gasteiger partial charge is 0.316 e. The first kappa shape index (κ1) is 20.6. The Morgan fingerprint density at radius 1 is 1.29 bits per heavy atom. The molecule has 4 rings (SSSR count). The van der Waals surface area contributed by atoms with E-state index < -0.39 is 12.0 Å². The van der Waals surface area contributed by atoms with E-state index in [0.717, 1.165) is 12.0 Å². The molecule has 11 heteroatoms. The summed E-state index contributed by atoms with van der Waals surface area (Å²) in [6, 6.07) is 7.27. The second kappa shape index (κ2) is 9.41. The number of aromatic nitrogens is 4. The monoisotopic (exact) mass is 425 g/mol. The number of nitrogens with zero attached hydrogens (tertiary/aromatic N) is 5. The molecule has 3 N–H and O–H groups in total. The summed E-state index contributed by atoms with van der Waals surface area (Å²) in [6.45, 7) is 0.645. The fourth-order valence-corrected chi connectivity index (χ4v) is 3.28. The number of nitrogens with one attached hydrogen (secondary N) is 1. The first-order chi connectivity index (χ1) is 15.1. The van der Waals surface area contributed by atoms with Gasteiger partial charge in [0.05, 0.1) is 30.4 Å². The molecule has 31 heavy (non-hydrogen) atoms. The van der Waals surface area contributed by atoms with Crippen molar-refractivity contribution in [3.8, 4) is 17.1 Å². The van der Waals surface area contributed by atoms with Crippen molar-refractivity contribution in [1.29, 1.82) is 0 Å². The van der Waals surface area contributed by atoms with E-state index in [0.29, 0.717) is 35.9 Å². The molecular formula is C20H20FN7O3. The van der Waals surface area contributed by atoms with Gasteiger partial charge in [0.25, 0.3) is 0 Å². The van der Waals surface area contributed by atoms with Gasteiger partial charge in [-0.1, -0.05) is 6.07 Å². The molecule has 1 aliphatic heterocycles. The highest BCUT2D eigenvalue weighted by Crippen LogP contribution is 2.28. The zero-order valence-corrected chi connectivity index (χ0v) is 16.4. The molecule has 0 radical (unpaired) electrons. The molecule has 3 aromatic heterocycles. The average molecular weight is 425 g/mol. The van der Waals surface area contributed by atoms with Crippen LogP contribution >= 0.6 is 0 Å². The van der Waals surface area contributed by atoms with Gasteiger partial charge in [-0.3, -0.25) is 9.82 Å². The third-order valence-corrected chi connectivity index (χ3v) is 4.72. The minimum absolute atomic E-state index is 0.0231. The third-order valence-electron chi connectivity index (χ3n) is 4.72. The van der Waals surface area contributed by atoms with Crippen LogP contribution in [0.1, 0.15) is 12.0 Å². The lowest BCUT2D eigenvalue weighted by atomic mass is 10.0. The Bertz CT molecular complexity index is 1070. The Morgan fingerprint density at radius 2 is 2.16 bits per heavy atom. The van der Waals surface area contributed by atoms with Crippen molar-refractivity contribution in [2.24, 2.45) is 5.73 Å². The molecule has 1 aliphatic rings. The zero-order valence-electron chi connectivity index (χ0n) is 16.4. The second-order valence-electron chi connectivity index (χ2n) is 6.78. The number of hydrogen-bond donors (Lipinski definition) is 2. The van der Waals surface area contributed by atoms with Gasteiger partial charge in [-0.05, 0) is 42.7 Å². The molecule has 160 valence electrons. The van der Waals surface area contributed by atoms with Crippen molar-refractivity contribution in [3.05, 3.63) is 60.4 Å². The summed E-state index contributed by atoms with van der Waals surface area (Å²) in [5.41, 5.74) is 7.31. The van der Waals surface area contributed by atoms with Crippen LogP contribution in [0.25, 0.3) is 11.4 Å². The van der Waals surface area contributed by atoms with Gasteiger partial charge in [0.2, 0.25) is 5.95 Å². The molecule has 2 amide bonds. The molecule has 1 fully saturated rings. The molecule has 3 aromatic rings. The van der Waals surface area contributed by atoms with E-state index in [-0.39, 0.29) is 12.8 Å². The van der Waals surface area contributed by atoms with Gasteiger partial charge in [-0.2, -0.15) is 14.6 Å². The lowest BCUT2D eigenvalue weighted by Crippen LogP contribution is -2.34. The number of amides is 2. The maximum absolute atomic E-state index is 13.5. The fourth-order valence-electron chi connectivity index (χ4n) is 3.28. The number of carbonyl (C=O) groups excluding carboxylic acids is 1. The SMILES string of the molecule is NC(=O)Nc1cnncc1CC1CCON1COc1cccnc1-c1cccc(F)n1. The van der Waals surface area contributed by atoms with Gasteiger partial charge >= 0.3 is 6.03 Å². The minimum atomic E-state index is -0.674. The number of hydrogen-bond acceptors (Lipinski definition) is 8. The van der Waals surface area contributed by atoms with Crippen molar-refractivity contribution in [2.75, 3.05) is 18.7 Å². The molecule has 1 atom stereocenters. The van der Waals surface area contributed by atoms with Crippen LogP contribution in [0, 0.1) is 5.95 Å². The van der Waals surface area contributed by atoms with E-state index in [2.05, 4.69) is 25.5 Å². The topological polar surface area (TPSA) is 128 Å². The number of carbonyl (C=O) groups is 1. The molecule has 0 spiro atoms. The lowest BCUT2D eigenvalue weighted by Gasteiger charge is -2.23. The van der Waals surface area contributed by atoms with Crippen molar-refractivity contribution in [2.45, 2.75) is 18.9 Å². The molecule has 10 nitrogen and oxygen atoms in total. The standard InChI is InChI=1S/C20H20FN7O3/c21-18-5-1-3-15(26-18)19-17(4-2-7-23-19)30-12-28-14(6-8-31-28)9-13-10-24-25-11-16(13)27-20(22)29/h1-5,7,10-11,14H,6,8-9,12H2,(H3,22,24,27,29). The Balaban J connectivity index is 1.46. The Morgan fingerprint density at radius 3 is 3.00 bits per heavy atom. The van der Waals surface area contributed by atoms with Crippen molar-refractivity contribution < 1.29 is 18.8 Å². The lowest BCUT2D eigenvalue weighted by molar-refractivity contribution is -0.167. The fraction of sp³-hybridized carbons (Fsp3) is 0.250. The van der Waals surface area contributed by atoms with E-state index in [4.69, 9.17) is 15.3 Å². The number of nitrogens with two attached hydrogens (primary N) is 1. The summed E-state index contributed by atoms with van der Waals surface area (Å²) in [6.07, 6.45) is 5.92. The normalized spacial score (nSPS) is 16.2. The Hall–Kier alpha value is -3.70. The number of pyridine rings is 2. The summed E-state index contributed by atoms with van der Waals surface area (Å²) in [7, 11) is 0. The highest BCUT2D eigenvalue weighted by atomic mass is 19.1. The van der Waals surface area contributed by atoms with Gasteiger partial charge < -0.3 is 15.8 Å². The third kappa shape index (κ3) is 5.08. The van der Waals surface area contributed by atoms with E-state index in [9.17, 15) is 9.18 Å². The van der Waals surface area contributed by atoms with Crippen LogP contribution in [0.5, 0.6) is 5.75 Å². The number of halogens is 1. The van der Waals surface area contributed by atoms with E-state index in [1.54, 1.807) is 41.7 Å². The van der Waals surface area contributed by atoms with Crippen LogP contribution in [0.2, 0.25) is 0 Å². The summed E-state index contributed by atoms with van der Waals surface area (Å²) >= 11 is 0. The quantitative estimate of drug-likeness (QED) is 0.551. The molecule has 0 aromatic carbocycles. The first-order valence-electron chi connectivity index (χ1n) is 9.56. The van der Waals surface area contributed by atoms with Gasteiger partial charge in [0.1, 0.15) is 11.4 Å². The van der Waals surface area contributed by atoms with Gasteiger partial charge in [-0.25, -0.2) is 9.78 Å². The van der Waals surface area contributed by atoms with Crippen molar-refractivity contribution >= 4 is 11.7 Å². The number of rotatable bonds is 7. The van der Waals surface area contributed by atoms with Crippen LogP contribution in [0.15, 0.2) is 48.9 Å². The number of anilines is 1. The zero-order chi connectivity index (χ0) is 21.6. The van der Waals surface area contributed by atoms with E-state index in [1.165, 1.54) is 12.3 Å². The van der Waals surface area contributed by atoms with Crippen LogP contribution in [-0.2, 0) is 11.3 Å². The van der Waals surface area contributed by atoms with Gasteiger partial charge in [0.15, 0.2) is 6.73 Å². The highest BCUT2D eigenvalue weighted by Gasteiger charge is 2.28. The molecule has 0 saturated carbocycles. The summed E-state index contributed by atoms with van der Waals surface area (Å²) < 4.78 is 19.5. The maximum Gasteiger partial charge on any atom is 0.316 e. The summed E-state index contributed by atoms with van der Waals surface area (Å²) in [4.78, 5) is 25.1. The van der Waals surface area contributed by atoms with Crippen molar-refractivity contribution in [3.63, 3.8) is 0 Å². The molecule has 1 saturated heterocycles. The van der Waals surface area contributed by atoms with Crippen LogP contribution in [0.4, 0.5) is 14.9 Å². The second-order valence-corrected chi connectivity index (χ2v) is 6.78. The van der Waals surface area contributed by atoms with Crippen LogP contribution in [-0.4, -0.2) is 50.6 Å². The Labute approximate surface area is 177 Å². The van der Waals surface area contributed by atoms with Crippen LogP contribution < -0.4 is 15.8 Å². The van der Waals surface area contributed by atoms with E-state index >= 15 is 0 Å². The summed E-state index contributed by atoms with van der Waals surface area (Å²) in [5.74, 6) is -0.139. The molecule has 0 bridgehead atoms. The van der Waals surface area contributed by atoms with Crippen molar-refractivity contribution in [1.82, 2.24) is 25.2 Å². The predicted molar refractivity (Wildman–Crippen MR) is 108 cm³/mol. The number of urea groups is 1. The number of hydroxylamine groups is 2. The molecule has 0 aliphatic carbocycles. The van der Waals surface area contributed by atoms with Gasteiger partial charge in [-0.15, -0.1) is 5.06 Å². The molecule has 1 unspecified atom stereocenters. The summed E-state index contributed by atoms with van der Waals surface area (Å²) in [5, 5.41) is 11.9. The highest BCUT2D eigenvalue weighted by molar-refractivity contribution is 5.88. The maximum atomic E-state index is 13.5. The first-order valence-corrected chi connectivity index (χ1v) is 9.56. The Kier molecular flexibility index (Phi) is 6.24. The van der Waals surface area contributed by atoms with E-state index in [1.807, 2.05) is 0 Å². The average Bonchev–Trinajstić information content (AvgIpc) is 3.20. The minimum Gasteiger partial charge on any atom is -0.474 e. The molecule has 4 heterocycles. The predicted octanol–water partition coefficient (Wildman–Crippen LogP) is 2.15. The van der Waals surface area contributed by atoms with Crippen LogP contribution in [0.3, 0.4) is 0 Å². The number of primary amides is 1.